The van der Waals surface area contributed by atoms with Gasteiger partial charge in [-0.05, 0) is 86.2 Å². The Kier molecular flexibility index (Phi) is 28.5. The van der Waals surface area contributed by atoms with E-state index in [1.54, 1.807) is 0 Å². The molecule has 1 fully saturated rings. The van der Waals surface area contributed by atoms with E-state index in [4.69, 9.17) is 0 Å². The van der Waals surface area contributed by atoms with Crippen LogP contribution in [0.15, 0.2) is 0 Å². The van der Waals surface area contributed by atoms with Gasteiger partial charge in [-0.2, -0.15) is 13.3 Å². The number of halogens is 3. The van der Waals surface area contributed by atoms with Crippen LogP contribution in [0.4, 0.5) is 0 Å². The van der Waals surface area contributed by atoms with Gasteiger partial charge in [0.25, 0.3) is 0 Å². The van der Waals surface area contributed by atoms with Gasteiger partial charge in [-0.1, -0.05) is 0 Å². The first kappa shape index (κ1) is 33.0. The SMILES string of the molecule is C[C-]1CCNCCCN(C)CCCN(C)CCCN1C.[Cl-].[Cl-].[Cl-].[Ti+4]. The third kappa shape index (κ3) is 16.9. The molecule has 0 radical (unpaired) electrons. The van der Waals surface area contributed by atoms with E-state index in [1.165, 1.54) is 64.4 Å². The van der Waals surface area contributed by atoms with Crippen molar-refractivity contribution < 1.29 is 58.9 Å². The van der Waals surface area contributed by atoms with Gasteiger partial charge in [0, 0.05) is 0 Å². The topological polar surface area (TPSA) is 21.8 Å². The van der Waals surface area contributed by atoms with E-state index in [1.807, 2.05) is 0 Å². The van der Waals surface area contributed by atoms with E-state index in [-0.39, 0.29) is 58.9 Å². The standard InChI is InChI=1S/C16H35N4.3ClH.Ti/c1-16-8-10-17-9-5-11-18(2)12-6-13-19(3)14-7-15-20(16)4;;;;/h17H,5-15H2,1-4H3;3*1H;/q-1;;;;+4/p-3. The minimum absolute atomic E-state index is 0. The molecular formula is C16H35Cl3N4Ti. The van der Waals surface area contributed by atoms with Gasteiger partial charge in [0.15, 0.2) is 0 Å². The molecule has 1 N–H and O–H groups in total. The van der Waals surface area contributed by atoms with Crippen LogP contribution < -0.4 is 42.5 Å². The molecule has 0 aromatic heterocycles. The summed E-state index contributed by atoms with van der Waals surface area (Å²) in [6, 6.07) is 1.50. The predicted molar refractivity (Wildman–Crippen MR) is 87.9 cm³/mol. The van der Waals surface area contributed by atoms with Crippen LogP contribution in [0, 0.1) is 6.04 Å². The number of rotatable bonds is 0. The van der Waals surface area contributed by atoms with E-state index < -0.39 is 0 Å². The minimum Gasteiger partial charge on any atom is -1.00 e. The Morgan fingerprint density at radius 2 is 1.17 bits per heavy atom. The molecule has 1 heterocycles. The van der Waals surface area contributed by atoms with E-state index >= 15 is 0 Å². The molecule has 0 aromatic rings. The molecule has 0 aliphatic carbocycles. The zero-order chi connectivity index (χ0) is 14.8. The molecule has 144 valence electrons. The summed E-state index contributed by atoms with van der Waals surface area (Å²) in [6.07, 6.45) is 4.96. The van der Waals surface area contributed by atoms with Crippen LogP contribution in [0.5, 0.6) is 0 Å². The van der Waals surface area contributed by atoms with Crippen LogP contribution in [-0.2, 0) is 21.7 Å². The molecule has 1 saturated heterocycles. The van der Waals surface area contributed by atoms with Crippen molar-refractivity contribution in [1.82, 2.24) is 20.0 Å². The fourth-order valence-electron chi connectivity index (χ4n) is 2.66. The van der Waals surface area contributed by atoms with E-state index in [0.717, 1.165) is 13.1 Å². The van der Waals surface area contributed by atoms with Gasteiger partial charge >= 0.3 is 21.7 Å². The molecule has 0 amide bonds. The molecule has 24 heavy (non-hydrogen) atoms. The Bertz CT molecular complexity index is 253. The first-order valence-corrected chi connectivity index (χ1v) is 8.21. The van der Waals surface area contributed by atoms with Gasteiger partial charge < -0.3 is 57.2 Å². The maximum atomic E-state index is 3.56. The van der Waals surface area contributed by atoms with Crippen molar-refractivity contribution in [2.75, 3.05) is 67.0 Å². The predicted octanol–water partition coefficient (Wildman–Crippen LogP) is -7.49. The second-order valence-electron chi connectivity index (χ2n) is 6.32. The van der Waals surface area contributed by atoms with Crippen molar-refractivity contribution in [2.24, 2.45) is 0 Å². The Morgan fingerprint density at radius 3 is 1.71 bits per heavy atom. The van der Waals surface area contributed by atoms with Gasteiger partial charge in [-0.3, -0.25) is 6.04 Å². The van der Waals surface area contributed by atoms with Crippen LogP contribution in [-0.4, -0.2) is 81.7 Å². The minimum atomic E-state index is 0. The van der Waals surface area contributed by atoms with Crippen molar-refractivity contribution in [1.29, 1.82) is 0 Å². The molecule has 1 aliphatic rings. The Labute approximate surface area is 184 Å². The second-order valence-corrected chi connectivity index (χ2v) is 6.32. The summed E-state index contributed by atoms with van der Waals surface area (Å²) in [4.78, 5) is 7.37. The van der Waals surface area contributed by atoms with Gasteiger partial charge in [0.1, 0.15) is 0 Å². The smallest absolute Gasteiger partial charge is 1.00 e. The van der Waals surface area contributed by atoms with Crippen molar-refractivity contribution >= 4 is 0 Å². The molecule has 1 rings (SSSR count). The van der Waals surface area contributed by atoms with Crippen molar-refractivity contribution in [2.45, 2.75) is 32.6 Å². The molecule has 0 saturated carbocycles. The van der Waals surface area contributed by atoms with Gasteiger partial charge in [0.05, 0.1) is 0 Å². The number of hydrogen-bond donors (Lipinski definition) is 1. The van der Waals surface area contributed by atoms with Gasteiger partial charge in [0.2, 0.25) is 0 Å². The first-order chi connectivity index (χ1) is 9.59. The summed E-state index contributed by atoms with van der Waals surface area (Å²) < 4.78 is 0. The molecule has 4 nitrogen and oxygen atoms in total. The molecule has 0 bridgehead atoms. The molecule has 1 aliphatic heterocycles. The molecule has 0 spiro atoms. The summed E-state index contributed by atoms with van der Waals surface area (Å²) in [5.41, 5.74) is 0. The number of nitrogens with zero attached hydrogens (tertiary/aromatic N) is 3. The zero-order valence-corrected chi connectivity index (χ0v) is 19.6. The summed E-state index contributed by atoms with van der Waals surface area (Å²) in [5, 5.41) is 3.56. The normalized spacial score (nSPS) is 21.5. The van der Waals surface area contributed by atoms with Crippen molar-refractivity contribution in [3.05, 3.63) is 6.04 Å². The van der Waals surface area contributed by atoms with Crippen LogP contribution in [0.1, 0.15) is 32.6 Å². The summed E-state index contributed by atoms with van der Waals surface area (Å²) in [5.74, 6) is 0. The van der Waals surface area contributed by atoms with Crippen LogP contribution in [0.3, 0.4) is 0 Å². The molecular weight excluding hydrogens is 402 g/mol. The fourth-order valence-corrected chi connectivity index (χ4v) is 2.66. The molecule has 8 heteroatoms. The van der Waals surface area contributed by atoms with Gasteiger partial charge in [-0.25, -0.2) is 0 Å². The van der Waals surface area contributed by atoms with E-state index in [0.29, 0.717) is 0 Å². The third-order valence-electron chi connectivity index (χ3n) is 4.32. The Hall–Kier alpha value is 1.42. The third-order valence-corrected chi connectivity index (χ3v) is 4.32. The quantitative estimate of drug-likeness (QED) is 0.300. The van der Waals surface area contributed by atoms with E-state index in [9.17, 15) is 0 Å². The molecule has 0 aromatic carbocycles. The maximum absolute atomic E-state index is 3.56. The zero-order valence-electron chi connectivity index (χ0n) is 15.8. The monoisotopic (exact) mass is 436 g/mol. The Morgan fingerprint density at radius 1 is 0.708 bits per heavy atom. The largest absolute Gasteiger partial charge is 4.00 e. The number of hydrogen-bond acceptors (Lipinski definition) is 4. The van der Waals surface area contributed by atoms with Crippen LogP contribution in [0.2, 0.25) is 0 Å². The summed E-state index contributed by atoms with van der Waals surface area (Å²) >= 11 is 0. The maximum Gasteiger partial charge on any atom is 4.00 e. The van der Waals surface area contributed by atoms with Crippen molar-refractivity contribution in [3.63, 3.8) is 0 Å². The fraction of sp³-hybridized carbons (Fsp3) is 0.938. The van der Waals surface area contributed by atoms with E-state index in [2.05, 4.69) is 48.1 Å². The van der Waals surface area contributed by atoms with Crippen LogP contribution >= 0.6 is 0 Å². The van der Waals surface area contributed by atoms with Crippen LogP contribution in [0.25, 0.3) is 0 Å². The summed E-state index contributed by atoms with van der Waals surface area (Å²) in [6.45, 7) is 10.5. The second kappa shape index (κ2) is 20.7. The average Bonchev–Trinajstić information content (AvgIpc) is 2.41. The molecule has 0 unspecified atom stereocenters. The first-order valence-electron chi connectivity index (χ1n) is 8.21. The summed E-state index contributed by atoms with van der Waals surface area (Å²) in [7, 11) is 6.73. The van der Waals surface area contributed by atoms with Crippen molar-refractivity contribution in [3.8, 4) is 0 Å². The van der Waals surface area contributed by atoms with Gasteiger partial charge in [-0.15, -0.1) is 0 Å². The Balaban J connectivity index is -0.000000500. The number of nitrogens with one attached hydrogen (secondary N) is 1. The molecule has 0 atom stereocenters. The average molecular weight is 438 g/mol.